The Morgan fingerprint density at radius 3 is 2.81 bits per heavy atom. The predicted octanol–water partition coefficient (Wildman–Crippen LogP) is 0.909. The summed E-state index contributed by atoms with van der Waals surface area (Å²) in [5.74, 6) is 2.09. The van der Waals surface area contributed by atoms with E-state index in [0.29, 0.717) is 36.3 Å². The van der Waals surface area contributed by atoms with Crippen LogP contribution in [0.1, 0.15) is 26.7 Å². The van der Waals surface area contributed by atoms with Gasteiger partial charge < -0.3 is 20.1 Å². The molecule has 3 atom stereocenters. The smallest absolute Gasteiger partial charge is 0.323 e. The fourth-order valence-electron chi connectivity index (χ4n) is 3.32. The highest BCUT2D eigenvalue weighted by Gasteiger charge is 2.42. The average Bonchev–Trinajstić information content (AvgIpc) is 3.02. The Hall–Kier alpha value is -1.63. The van der Waals surface area contributed by atoms with E-state index in [9.17, 15) is 5.11 Å². The highest BCUT2D eigenvalue weighted by Crippen LogP contribution is 2.39. The first-order valence-electron chi connectivity index (χ1n) is 7.77. The number of hydrogen-bond acceptors (Lipinski definition) is 7. The summed E-state index contributed by atoms with van der Waals surface area (Å²) in [4.78, 5) is 15.3. The van der Waals surface area contributed by atoms with Crippen LogP contribution in [-0.2, 0) is 0 Å². The zero-order valence-corrected chi connectivity index (χ0v) is 12.6. The van der Waals surface area contributed by atoms with Crippen LogP contribution >= 0.6 is 0 Å². The van der Waals surface area contributed by atoms with Gasteiger partial charge in [-0.2, -0.15) is 15.0 Å². The van der Waals surface area contributed by atoms with Crippen LogP contribution in [0.25, 0.3) is 0 Å². The molecule has 2 fully saturated rings. The summed E-state index contributed by atoms with van der Waals surface area (Å²) in [5.41, 5.74) is 0. The minimum Gasteiger partial charge on any atom is -0.464 e. The highest BCUT2D eigenvalue weighted by atomic mass is 16.5. The molecule has 0 radical (unpaired) electrons. The van der Waals surface area contributed by atoms with Crippen molar-refractivity contribution in [1.29, 1.82) is 0 Å². The van der Waals surface area contributed by atoms with Crippen LogP contribution < -0.4 is 15.0 Å². The second-order valence-corrected chi connectivity index (χ2v) is 5.68. The van der Waals surface area contributed by atoms with Crippen molar-refractivity contribution in [3.63, 3.8) is 0 Å². The summed E-state index contributed by atoms with van der Waals surface area (Å²) < 4.78 is 5.43. The van der Waals surface area contributed by atoms with Crippen LogP contribution in [0, 0.1) is 11.8 Å². The molecule has 1 saturated heterocycles. The quantitative estimate of drug-likeness (QED) is 0.834. The van der Waals surface area contributed by atoms with Gasteiger partial charge in [0.25, 0.3) is 0 Å². The van der Waals surface area contributed by atoms with E-state index in [4.69, 9.17) is 4.74 Å². The SMILES string of the molecule is CCNc1nc(OCC)nc(N2CC3CCC(O)C3C2)n1. The maximum Gasteiger partial charge on any atom is 0.323 e. The molecular weight excluding hydrogens is 270 g/mol. The van der Waals surface area contributed by atoms with E-state index >= 15 is 0 Å². The first kappa shape index (κ1) is 14.3. The van der Waals surface area contributed by atoms with Crippen LogP contribution in [0.3, 0.4) is 0 Å². The first-order valence-corrected chi connectivity index (χ1v) is 7.77. The van der Waals surface area contributed by atoms with E-state index in [-0.39, 0.29) is 6.10 Å². The monoisotopic (exact) mass is 293 g/mol. The normalized spacial score (nSPS) is 27.8. The van der Waals surface area contributed by atoms with Gasteiger partial charge in [0.05, 0.1) is 12.7 Å². The molecule has 0 amide bonds. The van der Waals surface area contributed by atoms with Crippen molar-refractivity contribution >= 4 is 11.9 Å². The topological polar surface area (TPSA) is 83.4 Å². The van der Waals surface area contributed by atoms with E-state index in [1.807, 2.05) is 13.8 Å². The summed E-state index contributed by atoms with van der Waals surface area (Å²) in [6.45, 7) is 6.90. The molecule has 116 valence electrons. The second kappa shape index (κ2) is 6.01. The molecule has 0 bridgehead atoms. The van der Waals surface area contributed by atoms with Gasteiger partial charge in [0.2, 0.25) is 11.9 Å². The lowest BCUT2D eigenvalue weighted by Gasteiger charge is -2.19. The van der Waals surface area contributed by atoms with Crippen molar-refractivity contribution in [1.82, 2.24) is 15.0 Å². The number of aliphatic hydroxyl groups is 1. The van der Waals surface area contributed by atoms with Gasteiger partial charge in [-0.3, -0.25) is 0 Å². The van der Waals surface area contributed by atoms with Crippen molar-refractivity contribution in [3.05, 3.63) is 0 Å². The number of rotatable bonds is 5. The maximum absolute atomic E-state index is 10.0. The first-order chi connectivity index (χ1) is 10.2. The van der Waals surface area contributed by atoms with Gasteiger partial charge in [-0.15, -0.1) is 0 Å². The van der Waals surface area contributed by atoms with E-state index in [2.05, 4.69) is 25.2 Å². The fraction of sp³-hybridized carbons (Fsp3) is 0.786. The van der Waals surface area contributed by atoms with Gasteiger partial charge in [0.15, 0.2) is 0 Å². The van der Waals surface area contributed by atoms with Crippen molar-refractivity contribution < 1.29 is 9.84 Å². The standard InChI is InChI=1S/C14H23N5O2/c1-3-15-12-16-13(18-14(17-12)21-4-2)19-7-9-5-6-11(20)10(9)8-19/h9-11,20H,3-8H2,1-2H3,(H,15,16,17,18). The number of nitrogens with zero attached hydrogens (tertiary/aromatic N) is 4. The number of aromatic nitrogens is 3. The molecule has 1 aliphatic carbocycles. The molecule has 0 spiro atoms. The number of anilines is 2. The van der Waals surface area contributed by atoms with Crippen LogP contribution in [0.2, 0.25) is 0 Å². The molecule has 1 aliphatic heterocycles. The lowest BCUT2D eigenvalue weighted by atomic mass is 10.00. The summed E-state index contributed by atoms with van der Waals surface area (Å²) in [6.07, 6.45) is 1.83. The fourth-order valence-corrected chi connectivity index (χ4v) is 3.32. The zero-order chi connectivity index (χ0) is 14.8. The lowest BCUT2D eigenvalue weighted by Crippen LogP contribution is -2.26. The molecule has 7 nitrogen and oxygen atoms in total. The summed E-state index contributed by atoms with van der Waals surface area (Å²) in [5, 5.41) is 13.1. The van der Waals surface area contributed by atoms with E-state index in [1.54, 1.807) is 0 Å². The molecule has 0 aromatic carbocycles. The number of hydrogen-bond donors (Lipinski definition) is 2. The van der Waals surface area contributed by atoms with E-state index < -0.39 is 0 Å². The Balaban J connectivity index is 1.81. The minimum atomic E-state index is -0.179. The number of ether oxygens (including phenoxy) is 1. The molecular formula is C14H23N5O2. The molecule has 21 heavy (non-hydrogen) atoms. The second-order valence-electron chi connectivity index (χ2n) is 5.68. The number of nitrogens with one attached hydrogen (secondary N) is 1. The third-order valence-electron chi connectivity index (χ3n) is 4.31. The van der Waals surface area contributed by atoms with Crippen molar-refractivity contribution in [3.8, 4) is 6.01 Å². The molecule has 2 N–H and O–H groups in total. The number of fused-ring (bicyclic) bond motifs is 1. The maximum atomic E-state index is 10.0. The van der Waals surface area contributed by atoms with E-state index in [1.165, 1.54) is 0 Å². The molecule has 3 rings (SSSR count). The molecule has 2 aliphatic rings. The molecule has 3 unspecified atom stereocenters. The third-order valence-corrected chi connectivity index (χ3v) is 4.31. The van der Waals surface area contributed by atoms with Gasteiger partial charge in [-0.25, -0.2) is 0 Å². The Morgan fingerprint density at radius 1 is 1.24 bits per heavy atom. The molecule has 7 heteroatoms. The van der Waals surface area contributed by atoms with Gasteiger partial charge in [-0.05, 0) is 32.6 Å². The summed E-state index contributed by atoms with van der Waals surface area (Å²) in [6, 6.07) is 0.357. The Labute approximate surface area is 124 Å². The van der Waals surface area contributed by atoms with Crippen LogP contribution in [0.15, 0.2) is 0 Å². The van der Waals surface area contributed by atoms with Crippen molar-refractivity contribution in [2.24, 2.45) is 11.8 Å². The van der Waals surface area contributed by atoms with Gasteiger partial charge >= 0.3 is 6.01 Å². The van der Waals surface area contributed by atoms with Gasteiger partial charge in [-0.1, -0.05) is 0 Å². The Morgan fingerprint density at radius 2 is 2.10 bits per heavy atom. The third kappa shape index (κ3) is 2.88. The van der Waals surface area contributed by atoms with Crippen LogP contribution in [0.4, 0.5) is 11.9 Å². The molecule has 1 aromatic heterocycles. The zero-order valence-electron chi connectivity index (χ0n) is 12.6. The number of aliphatic hydroxyl groups excluding tert-OH is 1. The predicted molar refractivity (Wildman–Crippen MR) is 79.6 cm³/mol. The summed E-state index contributed by atoms with van der Waals surface area (Å²) in [7, 11) is 0. The average molecular weight is 293 g/mol. The van der Waals surface area contributed by atoms with E-state index in [0.717, 1.165) is 32.5 Å². The van der Waals surface area contributed by atoms with Gasteiger partial charge in [0.1, 0.15) is 0 Å². The Kier molecular flexibility index (Phi) is 4.10. The molecule has 2 heterocycles. The van der Waals surface area contributed by atoms with Gasteiger partial charge in [0, 0.05) is 25.6 Å². The largest absolute Gasteiger partial charge is 0.464 e. The van der Waals surface area contributed by atoms with Crippen molar-refractivity contribution in [2.45, 2.75) is 32.8 Å². The van der Waals surface area contributed by atoms with Crippen molar-refractivity contribution in [2.75, 3.05) is 36.5 Å². The molecule has 1 aromatic rings. The van der Waals surface area contributed by atoms with Crippen LogP contribution in [0.5, 0.6) is 6.01 Å². The molecule has 1 saturated carbocycles. The summed E-state index contributed by atoms with van der Waals surface area (Å²) >= 11 is 0. The Bertz CT molecular complexity index is 474. The minimum absolute atomic E-state index is 0.179. The lowest BCUT2D eigenvalue weighted by molar-refractivity contribution is 0.133. The van der Waals surface area contributed by atoms with Crippen LogP contribution in [-0.4, -0.2) is 52.4 Å². The highest BCUT2D eigenvalue weighted by molar-refractivity contribution is 5.40.